The fourth-order valence-electron chi connectivity index (χ4n) is 7.46. The molecule has 1 aromatic carbocycles. The van der Waals surface area contributed by atoms with Crippen LogP contribution in [0.1, 0.15) is 67.2 Å². The fraction of sp³-hybridized carbons (Fsp3) is 0.625. The Bertz CT molecular complexity index is 1450. The van der Waals surface area contributed by atoms with Gasteiger partial charge in [-0.3, -0.25) is 9.59 Å². The number of ether oxygens (including phenoxy) is 4. The maximum atomic E-state index is 13.6. The van der Waals surface area contributed by atoms with Crippen molar-refractivity contribution < 1.29 is 69.4 Å². The molecule has 3 aliphatic carbocycles. The third-order valence-corrected chi connectivity index (χ3v) is 10.1. The van der Waals surface area contributed by atoms with Crippen molar-refractivity contribution in [2.45, 2.75) is 113 Å². The Hall–Kier alpha value is -2.92. The number of ketones is 2. The number of aliphatic hydroxyl groups excluding tert-OH is 6. The SMILES string of the molecule is CCC1(O)CC(OC2CC(O)C(OC3CC(O)C(O)C(C)O3)C(C)O2)C2=C(O)C3C(=O)c4c(O)cccc4C(=O)C3C(O)=C2C1O. The summed E-state index contributed by atoms with van der Waals surface area (Å²) in [5.41, 5.74) is -2.85. The molecule has 2 aliphatic heterocycles. The molecule has 14 nitrogen and oxygen atoms in total. The minimum Gasteiger partial charge on any atom is -0.511 e. The number of aliphatic hydroxyl groups is 7. The van der Waals surface area contributed by atoms with Crippen LogP contribution in [0.15, 0.2) is 40.9 Å². The number of benzene rings is 1. The number of Topliss-reactive ketones (excluding diaryl/α,β-unsaturated/α-hetero) is 2. The lowest BCUT2D eigenvalue weighted by atomic mass is 9.62. The van der Waals surface area contributed by atoms with E-state index in [1.165, 1.54) is 18.2 Å². The van der Waals surface area contributed by atoms with Crippen LogP contribution in [0.5, 0.6) is 5.75 Å². The Labute approximate surface area is 264 Å². The number of rotatable bonds is 5. The van der Waals surface area contributed by atoms with Crippen LogP contribution in [0.4, 0.5) is 0 Å². The number of aromatic hydroxyl groups is 1. The number of carbonyl (C=O) groups is 2. The van der Waals surface area contributed by atoms with Crippen LogP contribution < -0.4 is 0 Å². The van der Waals surface area contributed by atoms with Gasteiger partial charge in [0, 0.05) is 36.0 Å². The average Bonchev–Trinajstić information content (AvgIpc) is 2.99. The Morgan fingerprint density at radius 3 is 2.11 bits per heavy atom. The summed E-state index contributed by atoms with van der Waals surface area (Å²) in [6.07, 6.45) is -11.4. The first kappa shape index (κ1) is 33.0. The predicted octanol–water partition coefficient (Wildman–Crippen LogP) is 0.670. The van der Waals surface area contributed by atoms with E-state index in [2.05, 4.69) is 0 Å². The minimum atomic E-state index is -1.88. The van der Waals surface area contributed by atoms with Gasteiger partial charge in [-0.1, -0.05) is 19.1 Å². The molecule has 1 saturated carbocycles. The highest BCUT2D eigenvalue weighted by Crippen LogP contribution is 2.52. The molecule has 0 radical (unpaired) electrons. The third-order valence-electron chi connectivity index (χ3n) is 10.1. The normalized spacial score (nSPS) is 42.9. The first-order valence-corrected chi connectivity index (χ1v) is 15.5. The van der Waals surface area contributed by atoms with Gasteiger partial charge in [0.15, 0.2) is 24.1 Å². The summed E-state index contributed by atoms with van der Waals surface area (Å²) in [6, 6.07) is 3.92. The molecular weight excluding hydrogens is 608 g/mol. The van der Waals surface area contributed by atoms with Gasteiger partial charge >= 0.3 is 0 Å². The zero-order chi connectivity index (χ0) is 33.4. The lowest BCUT2D eigenvalue weighted by Gasteiger charge is -2.48. The monoisotopic (exact) mass is 648 g/mol. The van der Waals surface area contributed by atoms with Gasteiger partial charge in [-0.25, -0.2) is 0 Å². The van der Waals surface area contributed by atoms with Crippen LogP contribution >= 0.6 is 0 Å². The van der Waals surface area contributed by atoms with Crippen LogP contribution in [0.3, 0.4) is 0 Å². The maximum Gasteiger partial charge on any atom is 0.179 e. The van der Waals surface area contributed by atoms with Crippen molar-refractivity contribution in [1.82, 2.24) is 0 Å². The second-order valence-corrected chi connectivity index (χ2v) is 12.9. The number of allylic oxidation sites excluding steroid dienone is 2. The van der Waals surface area contributed by atoms with Gasteiger partial charge in [0.2, 0.25) is 0 Å². The van der Waals surface area contributed by atoms with Gasteiger partial charge in [-0.05, 0) is 26.3 Å². The first-order chi connectivity index (χ1) is 21.7. The highest BCUT2D eigenvalue weighted by Gasteiger charge is 2.58. The van der Waals surface area contributed by atoms with Crippen molar-refractivity contribution in [3.05, 3.63) is 52.0 Å². The highest BCUT2D eigenvalue weighted by molar-refractivity contribution is 6.19. The summed E-state index contributed by atoms with van der Waals surface area (Å²) in [6.45, 7) is 4.80. The number of hydrogen-bond donors (Lipinski definition) is 8. The predicted molar refractivity (Wildman–Crippen MR) is 155 cm³/mol. The molecule has 8 N–H and O–H groups in total. The topological polar surface area (TPSA) is 233 Å². The zero-order valence-electron chi connectivity index (χ0n) is 25.5. The van der Waals surface area contributed by atoms with E-state index in [4.69, 9.17) is 18.9 Å². The van der Waals surface area contributed by atoms with Gasteiger partial charge in [0.25, 0.3) is 0 Å². The van der Waals surface area contributed by atoms with E-state index in [1.807, 2.05) is 0 Å². The Balaban J connectivity index is 1.29. The van der Waals surface area contributed by atoms with Crippen LogP contribution in [-0.2, 0) is 18.9 Å². The van der Waals surface area contributed by atoms with Crippen molar-refractivity contribution >= 4 is 11.6 Å². The summed E-state index contributed by atoms with van der Waals surface area (Å²) in [4.78, 5) is 27.2. The van der Waals surface area contributed by atoms with Crippen molar-refractivity contribution in [1.29, 1.82) is 0 Å². The molecule has 0 spiro atoms. The lowest BCUT2D eigenvalue weighted by molar-refractivity contribution is -0.316. The van der Waals surface area contributed by atoms with Crippen molar-refractivity contribution in [2.75, 3.05) is 0 Å². The van der Waals surface area contributed by atoms with Gasteiger partial charge in [-0.2, -0.15) is 0 Å². The van der Waals surface area contributed by atoms with Gasteiger partial charge < -0.3 is 59.8 Å². The molecule has 3 fully saturated rings. The molecule has 2 heterocycles. The maximum absolute atomic E-state index is 13.6. The highest BCUT2D eigenvalue weighted by atomic mass is 16.7. The van der Waals surface area contributed by atoms with E-state index in [-0.39, 0.29) is 48.0 Å². The van der Waals surface area contributed by atoms with E-state index in [0.29, 0.717) is 0 Å². The summed E-state index contributed by atoms with van der Waals surface area (Å²) in [5.74, 6) is -6.61. The van der Waals surface area contributed by atoms with Crippen LogP contribution in [0, 0.1) is 11.8 Å². The van der Waals surface area contributed by atoms with Crippen LogP contribution in [0.2, 0.25) is 0 Å². The fourth-order valence-corrected chi connectivity index (χ4v) is 7.46. The van der Waals surface area contributed by atoms with E-state index in [9.17, 15) is 50.4 Å². The molecule has 0 amide bonds. The standard InChI is InChI=1S/C32H40O14/c1-4-32(42)10-17(45-18-9-16(35)30(12(3)44-18)46-19-8-15(34)25(36)11(2)43-19)21-24(31(32)41)29(40)22-23(28(21)39)27(38)20-13(26(22)37)6-5-7-14(20)33/h5-7,11-12,15-19,22-23,25,30-31,33-36,39-42H,4,8-10H2,1-3H3. The molecule has 0 bridgehead atoms. The largest absolute Gasteiger partial charge is 0.511 e. The van der Waals surface area contributed by atoms with Crippen LogP contribution in [0.25, 0.3) is 0 Å². The van der Waals surface area contributed by atoms with E-state index < -0.39 is 108 Å². The Kier molecular flexibility index (Phi) is 8.57. The minimum absolute atomic E-state index is 0.0165. The van der Waals surface area contributed by atoms with E-state index >= 15 is 0 Å². The zero-order valence-corrected chi connectivity index (χ0v) is 25.5. The number of phenols is 1. The third kappa shape index (κ3) is 5.16. The second-order valence-electron chi connectivity index (χ2n) is 12.9. The van der Waals surface area contributed by atoms with Crippen molar-refractivity contribution in [2.24, 2.45) is 11.8 Å². The molecule has 13 unspecified atom stereocenters. The number of phenolic OH excluding ortho intramolecular Hbond substituents is 1. The molecule has 13 atom stereocenters. The van der Waals surface area contributed by atoms with Crippen molar-refractivity contribution in [3.63, 3.8) is 0 Å². The Morgan fingerprint density at radius 2 is 1.46 bits per heavy atom. The smallest absolute Gasteiger partial charge is 0.179 e. The summed E-state index contributed by atoms with van der Waals surface area (Å²) in [5, 5.41) is 87.4. The summed E-state index contributed by atoms with van der Waals surface area (Å²) < 4.78 is 23.7. The Morgan fingerprint density at radius 1 is 0.848 bits per heavy atom. The van der Waals surface area contributed by atoms with E-state index in [1.54, 1.807) is 20.8 Å². The van der Waals surface area contributed by atoms with Crippen LogP contribution in [-0.4, -0.2) is 119 Å². The van der Waals surface area contributed by atoms with Gasteiger partial charge in [0.1, 0.15) is 35.6 Å². The number of fused-ring (bicyclic) bond motifs is 3. The molecule has 46 heavy (non-hydrogen) atoms. The molecule has 0 aromatic heterocycles. The molecule has 1 aromatic rings. The summed E-state index contributed by atoms with van der Waals surface area (Å²) in [7, 11) is 0. The summed E-state index contributed by atoms with van der Waals surface area (Å²) >= 11 is 0. The molecular formula is C32H40O14. The average molecular weight is 649 g/mol. The second kappa shape index (κ2) is 12.0. The van der Waals surface area contributed by atoms with Gasteiger partial charge in [-0.15, -0.1) is 0 Å². The number of hydrogen-bond acceptors (Lipinski definition) is 14. The number of carbonyl (C=O) groups excluding carboxylic acids is 2. The quantitative estimate of drug-likeness (QED) is 0.219. The molecule has 252 valence electrons. The lowest BCUT2D eigenvalue weighted by Crippen LogP contribution is -2.57. The van der Waals surface area contributed by atoms with Gasteiger partial charge in [0.05, 0.1) is 53.5 Å². The first-order valence-electron chi connectivity index (χ1n) is 15.5. The van der Waals surface area contributed by atoms with Crippen molar-refractivity contribution in [3.8, 4) is 5.75 Å². The molecule has 5 aliphatic rings. The molecule has 2 saturated heterocycles. The van der Waals surface area contributed by atoms with E-state index in [0.717, 1.165) is 0 Å². The molecule has 14 heteroatoms. The molecule has 6 rings (SSSR count).